The highest BCUT2D eigenvalue weighted by molar-refractivity contribution is 14.1. The van der Waals surface area contributed by atoms with Gasteiger partial charge in [0.2, 0.25) is 0 Å². The van der Waals surface area contributed by atoms with E-state index < -0.39 is 0 Å². The number of hydrogen-bond acceptors (Lipinski definition) is 3. The van der Waals surface area contributed by atoms with Crippen molar-refractivity contribution in [1.29, 1.82) is 0 Å². The van der Waals surface area contributed by atoms with E-state index in [1.807, 2.05) is 24.3 Å². The zero-order valence-electron chi connectivity index (χ0n) is 9.67. The first-order valence-electron chi connectivity index (χ1n) is 5.58. The number of halogens is 1. The first-order valence-corrected chi connectivity index (χ1v) is 7.48. The number of rotatable bonds is 2. The van der Waals surface area contributed by atoms with Crippen LogP contribution in [-0.4, -0.2) is 4.92 Å². The Labute approximate surface area is 127 Å². The van der Waals surface area contributed by atoms with Crippen molar-refractivity contribution in [2.75, 3.05) is 0 Å². The van der Waals surface area contributed by atoms with Gasteiger partial charge in [-0.05, 0) is 46.4 Å². The van der Waals surface area contributed by atoms with Crippen LogP contribution in [0.1, 0.15) is 0 Å². The molecule has 5 heteroatoms. The van der Waals surface area contributed by atoms with Crippen LogP contribution in [0.4, 0.5) is 5.69 Å². The summed E-state index contributed by atoms with van der Waals surface area (Å²) in [4.78, 5) is 11.5. The van der Waals surface area contributed by atoms with E-state index in [4.69, 9.17) is 0 Å². The third kappa shape index (κ3) is 2.23. The standard InChI is InChI=1S/C14H8INO2S/c15-13-11-3-1-2-4-12(11)19-14(13)9-5-7-10(8-6-9)16(17)18/h1-8H. The SMILES string of the molecule is O=[N+]([O-])c1ccc(-c2sc3ccccc3c2I)cc1. The molecule has 0 saturated heterocycles. The molecular weight excluding hydrogens is 373 g/mol. The summed E-state index contributed by atoms with van der Waals surface area (Å²) in [5.74, 6) is 0. The number of hydrogen-bond donors (Lipinski definition) is 0. The van der Waals surface area contributed by atoms with Gasteiger partial charge in [0.25, 0.3) is 5.69 Å². The summed E-state index contributed by atoms with van der Waals surface area (Å²) in [6.07, 6.45) is 0. The molecule has 19 heavy (non-hydrogen) atoms. The summed E-state index contributed by atoms with van der Waals surface area (Å²) in [7, 11) is 0. The molecule has 0 aliphatic carbocycles. The largest absolute Gasteiger partial charge is 0.269 e. The minimum atomic E-state index is -0.375. The molecule has 0 amide bonds. The molecule has 1 heterocycles. The molecular formula is C14H8INO2S. The maximum absolute atomic E-state index is 10.7. The van der Waals surface area contributed by atoms with E-state index in [0.29, 0.717) is 0 Å². The number of nitrogens with zero attached hydrogens (tertiary/aromatic N) is 1. The first-order chi connectivity index (χ1) is 9.16. The molecule has 3 nitrogen and oxygen atoms in total. The fourth-order valence-electron chi connectivity index (χ4n) is 1.93. The molecule has 0 aliphatic heterocycles. The van der Waals surface area contributed by atoms with Crippen LogP contribution >= 0.6 is 33.9 Å². The van der Waals surface area contributed by atoms with Crippen molar-refractivity contribution < 1.29 is 4.92 Å². The number of non-ortho nitro benzene ring substituents is 1. The van der Waals surface area contributed by atoms with Gasteiger partial charge < -0.3 is 0 Å². The first kappa shape index (κ1) is 12.6. The second-order valence-corrected chi connectivity index (χ2v) is 6.18. The van der Waals surface area contributed by atoms with Crippen molar-refractivity contribution in [1.82, 2.24) is 0 Å². The molecule has 0 atom stereocenters. The molecule has 0 bridgehead atoms. The lowest BCUT2D eigenvalue weighted by atomic mass is 10.1. The summed E-state index contributed by atoms with van der Waals surface area (Å²) < 4.78 is 2.44. The highest BCUT2D eigenvalue weighted by Crippen LogP contribution is 2.39. The predicted molar refractivity (Wildman–Crippen MR) is 86.6 cm³/mol. The average molecular weight is 381 g/mol. The molecule has 94 valence electrons. The molecule has 2 aromatic carbocycles. The minimum Gasteiger partial charge on any atom is -0.258 e. The highest BCUT2D eigenvalue weighted by Gasteiger charge is 2.12. The summed E-state index contributed by atoms with van der Waals surface area (Å²) in [5, 5.41) is 11.9. The molecule has 3 aromatic rings. The Bertz CT molecular complexity index is 765. The van der Waals surface area contributed by atoms with Gasteiger partial charge in [-0.25, -0.2) is 0 Å². The maximum Gasteiger partial charge on any atom is 0.269 e. The fourth-order valence-corrected chi connectivity index (χ4v) is 4.33. The van der Waals surface area contributed by atoms with Crippen molar-refractivity contribution in [2.24, 2.45) is 0 Å². The van der Waals surface area contributed by atoms with E-state index in [2.05, 4.69) is 34.7 Å². The van der Waals surface area contributed by atoms with Gasteiger partial charge in [-0.1, -0.05) is 18.2 Å². The van der Waals surface area contributed by atoms with Gasteiger partial charge >= 0.3 is 0 Å². The number of benzene rings is 2. The minimum absolute atomic E-state index is 0.125. The van der Waals surface area contributed by atoms with Crippen molar-refractivity contribution >= 4 is 49.7 Å². The summed E-state index contributed by atoms with van der Waals surface area (Å²) in [6.45, 7) is 0. The third-order valence-corrected chi connectivity index (χ3v) is 5.58. The number of thiophene rings is 1. The van der Waals surface area contributed by atoms with Crippen LogP contribution in [0, 0.1) is 13.7 Å². The quantitative estimate of drug-likeness (QED) is 0.353. The van der Waals surface area contributed by atoms with Crippen LogP contribution in [-0.2, 0) is 0 Å². The predicted octanol–water partition coefficient (Wildman–Crippen LogP) is 5.08. The number of nitro groups is 1. The molecule has 0 unspecified atom stereocenters. The van der Waals surface area contributed by atoms with Crippen LogP contribution in [0.25, 0.3) is 20.5 Å². The summed E-state index contributed by atoms with van der Waals surface area (Å²) in [6, 6.07) is 15.0. The molecule has 0 aliphatic rings. The molecule has 3 rings (SSSR count). The Morgan fingerprint density at radius 3 is 2.37 bits per heavy atom. The Hall–Kier alpha value is -1.47. The van der Waals surface area contributed by atoms with E-state index in [-0.39, 0.29) is 10.6 Å². The van der Waals surface area contributed by atoms with Crippen LogP contribution < -0.4 is 0 Å². The molecule has 0 saturated carbocycles. The van der Waals surface area contributed by atoms with Crippen molar-refractivity contribution in [2.45, 2.75) is 0 Å². The lowest BCUT2D eigenvalue weighted by molar-refractivity contribution is -0.384. The zero-order valence-corrected chi connectivity index (χ0v) is 12.6. The van der Waals surface area contributed by atoms with Crippen LogP contribution in [0.5, 0.6) is 0 Å². The van der Waals surface area contributed by atoms with E-state index in [0.717, 1.165) is 10.4 Å². The van der Waals surface area contributed by atoms with Gasteiger partial charge in [0.05, 0.1) is 4.92 Å². The van der Waals surface area contributed by atoms with E-state index >= 15 is 0 Å². The summed E-state index contributed by atoms with van der Waals surface area (Å²) >= 11 is 4.05. The van der Waals surface area contributed by atoms with Crippen LogP contribution in [0.2, 0.25) is 0 Å². The van der Waals surface area contributed by atoms with Crippen LogP contribution in [0.3, 0.4) is 0 Å². The van der Waals surface area contributed by atoms with E-state index in [9.17, 15) is 10.1 Å². The van der Waals surface area contributed by atoms with Gasteiger partial charge in [0.15, 0.2) is 0 Å². The molecule has 0 radical (unpaired) electrons. The van der Waals surface area contributed by atoms with E-state index in [1.54, 1.807) is 23.5 Å². The van der Waals surface area contributed by atoms with Crippen molar-refractivity contribution in [3.8, 4) is 10.4 Å². The Kier molecular flexibility index (Phi) is 3.24. The second kappa shape index (κ2) is 4.90. The van der Waals surface area contributed by atoms with Gasteiger partial charge in [-0.15, -0.1) is 11.3 Å². The zero-order chi connectivity index (χ0) is 13.4. The topological polar surface area (TPSA) is 43.1 Å². The average Bonchev–Trinajstić information content (AvgIpc) is 2.77. The number of fused-ring (bicyclic) bond motifs is 1. The van der Waals surface area contributed by atoms with Gasteiger partial charge in [-0.3, -0.25) is 10.1 Å². The van der Waals surface area contributed by atoms with Crippen molar-refractivity contribution in [3.05, 3.63) is 62.2 Å². The van der Waals surface area contributed by atoms with Gasteiger partial charge in [-0.2, -0.15) is 0 Å². The Morgan fingerprint density at radius 1 is 1.05 bits per heavy atom. The second-order valence-electron chi connectivity index (χ2n) is 4.05. The van der Waals surface area contributed by atoms with Crippen molar-refractivity contribution in [3.63, 3.8) is 0 Å². The molecule has 0 spiro atoms. The van der Waals surface area contributed by atoms with Gasteiger partial charge in [0, 0.05) is 30.7 Å². The van der Waals surface area contributed by atoms with Gasteiger partial charge in [0.1, 0.15) is 0 Å². The van der Waals surface area contributed by atoms with E-state index in [1.165, 1.54) is 13.7 Å². The highest BCUT2D eigenvalue weighted by atomic mass is 127. The normalized spacial score (nSPS) is 10.8. The fraction of sp³-hybridized carbons (Fsp3) is 0. The molecule has 1 aromatic heterocycles. The molecule has 0 fully saturated rings. The Morgan fingerprint density at radius 2 is 1.74 bits per heavy atom. The lowest BCUT2D eigenvalue weighted by Crippen LogP contribution is -1.86. The smallest absolute Gasteiger partial charge is 0.258 e. The monoisotopic (exact) mass is 381 g/mol. The molecule has 0 N–H and O–H groups in total. The maximum atomic E-state index is 10.7. The summed E-state index contributed by atoms with van der Waals surface area (Å²) in [5.41, 5.74) is 1.15. The Balaban J connectivity index is 2.13. The number of nitro benzene ring substituents is 1. The third-order valence-electron chi connectivity index (χ3n) is 2.88. The van der Waals surface area contributed by atoms with Crippen LogP contribution in [0.15, 0.2) is 48.5 Å². The lowest BCUT2D eigenvalue weighted by Gasteiger charge is -1.98.